The van der Waals surface area contributed by atoms with Crippen LogP contribution in [0.1, 0.15) is 37.0 Å². The van der Waals surface area contributed by atoms with Crippen LogP contribution in [0.25, 0.3) is 0 Å². The van der Waals surface area contributed by atoms with E-state index in [2.05, 4.69) is 5.32 Å². The van der Waals surface area contributed by atoms with Gasteiger partial charge in [-0.25, -0.2) is 0 Å². The molecule has 0 aliphatic heterocycles. The topological polar surface area (TPSA) is 49.4 Å². The fraction of sp³-hybridized carbons (Fsp3) is 0.310. The van der Waals surface area contributed by atoms with E-state index in [4.69, 9.17) is 11.6 Å². The minimum atomic E-state index is -0.659. The molecule has 0 aromatic heterocycles. The van der Waals surface area contributed by atoms with Crippen LogP contribution in [0.5, 0.6) is 0 Å². The van der Waals surface area contributed by atoms with Crippen molar-refractivity contribution >= 4 is 35.2 Å². The maximum absolute atomic E-state index is 13.7. The number of benzene rings is 3. The number of amides is 2. The van der Waals surface area contributed by atoms with Crippen LogP contribution < -0.4 is 5.32 Å². The number of hydrogen-bond donors (Lipinski definition) is 1. The van der Waals surface area contributed by atoms with Crippen LogP contribution in [0.15, 0.2) is 83.8 Å². The van der Waals surface area contributed by atoms with Crippen molar-refractivity contribution < 1.29 is 9.59 Å². The van der Waals surface area contributed by atoms with Gasteiger partial charge < -0.3 is 10.2 Å². The van der Waals surface area contributed by atoms with Crippen molar-refractivity contribution in [1.29, 1.82) is 0 Å². The van der Waals surface area contributed by atoms with Crippen molar-refractivity contribution in [2.75, 3.05) is 5.75 Å². The molecule has 0 saturated carbocycles. The molecule has 0 radical (unpaired) electrons. The second-order valence-corrected chi connectivity index (χ2v) is 10.2. The molecule has 1 N–H and O–H groups in total. The van der Waals surface area contributed by atoms with Gasteiger partial charge in [-0.15, -0.1) is 11.8 Å². The highest BCUT2D eigenvalue weighted by molar-refractivity contribution is 8.00. The van der Waals surface area contributed by atoms with Crippen molar-refractivity contribution in [3.05, 3.63) is 101 Å². The predicted molar refractivity (Wildman–Crippen MR) is 146 cm³/mol. The minimum absolute atomic E-state index is 0.0139. The monoisotopic (exact) mass is 508 g/mol. The van der Waals surface area contributed by atoms with E-state index < -0.39 is 6.04 Å². The van der Waals surface area contributed by atoms with E-state index in [0.29, 0.717) is 11.4 Å². The number of aryl methyl sites for hydroxylation is 1. The molecule has 2 atom stereocenters. The third kappa shape index (κ3) is 8.15. The first-order chi connectivity index (χ1) is 16.9. The molecule has 0 saturated heterocycles. The van der Waals surface area contributed by atoms with E-state index in [1.54, 1.807) is 4.90 Å². The largest absolute Gasteiger partial charge is 0.352 e. The van der Waals surface area contributed by atoms with Crippen molar-refractivity contribution in [3.63, 3.8) is 0 Å². The first-order valence-electron chi connectivity index (χ1n) is 11.9. The first kappa shape index (κ1) is 26.8. The fourth-order valence-corrected chi connectivity index (χ4v) is 4.65. The molecule has 2 amide bonds. The van der Waals surface area contributed by atoms with Crippen molar-refractivity contribution in [3.8, 4) is 0 Å². The van der Waals surface area contributed by atoms with Gasteiger partial charge in [0.15, 0.2) is 0 Å². The Bertz CT molecular complexity index is 1110. The summed E-state index contributed by atoms with van der Waals surface area (Å²) >= 11 is 7.95. The van der Waals surface area contributed by atoms with Gasteiger partial charge in [-0.2, -0.15) is 0 Å². The zero-order valence-electron chi connectivity index (χ0n) is 20.5. The molecule has 0 spiro atoms. The molecule has 3 aromatic carbocycles. The smallest absolute Gasteiger partial charge is 0.243 e. The molecule has 3 aromatic rings. The number of carbonyl (C=O) groups is 2. The van der Waals surface area contributed by atoms with Crippen LogP contribution >= 0.6 is 23.4 Å². The van der Waals surface area contributed by atoms with Gasteiger partial charge >= 0.3 is 0 Å². The van der Waals surface area contributed by atoms with E-state index in [0.717, 1.165) is 22.4 Å². The molecule has 35 heavy (non-hydrogen) atoms. The summed E-state index contributed by atoms with van der Waals surface area (Å²) in [5, 5.41) is 3.67. The second-order valence-electron chi connectivity index (χ2n) is 8.74. The Morgan fingerprint density at radius 2 is 1.63 bits per heavy atom. The quantitative estimate of drug-likeness (QED) is 0.309. The average molecular weight is 509 g/mol. The summed E-state index contributed by atoms with van der Waals surface area (Å²) in [4.78, 5) is 29.9. The Labute approximate surface area is 218 Å². The van der Waals surface area contributed by atoms with Gasteiger partial charge in [0.1, 0.15) is 6.04 Å². The normalized spacial score (nSPS) is 12.6. The van der Waals surface area contributed by atoms with Gasteiger partial charge in [-0.1, -0.05) is 84.8 Å². The third-order valence-corrected chi connectivity index (χ3v) is 7.32. The van der Waals surface area contributed by atoms with E-state index in [1.165, 1.54) is 17.3 Å². The lowest BCUT2D eigenvalue weighted by atomic mass is 10.0. The Morgan fingerprint density at radius 1 is 0.971 bits per heavy atom. The molecule has 184 valence electrons. The van der Waals surface area contributed by atoms with Crippen molar-refractivity contribution in [1.82, 2.24) is 10.2 Å². The Hall–Kier alpha value is -2.76. The molecule has 0 unspecified atom stereocenters. The zero-order valence-corrected chi connectivity index (χ0v) is 22.1. The predicted octanol–water partition coefficient (Wildman–Crippen LogP) is 6.30. The van der Waals surface area contributed by atoms with E-state index in [-0.39, 0.29) is 30.2 Å². The van der Waals surface area contributed by atoms with E-state index in [1.807, 2.05) is 99.6 Å². The summed E-state index contributed by atoms with van der Waals surface area (Å²) in [6, 6.07) is 24.8. The van der Waals surface area contributed by atoms with Crippen LogP contribution in [0.2, 0.25) is 5.02 Å². The fourth-order valence-electron chi connectivity index (χ4n) is 3.67. The van der Waals surface area contributed by atoms with Gasteiger partial charge in [0.05, 0.1) is 5.75 Å². The maximum atomic E-state index is 13.7. The Balaban J connectivity index is 1.91. The number of nitrogens with one attached hydrogen (secondary N) is 1. The van der Waals surface area contributed by atoms with Gasteiger partial charge in [-0.3, -0.25) is 9.59 Å². The molecule has 4 nitrogen and oxygen atoms in total. The summed E-state index contributed by atoms with van der Waals surface area (Å²) in [5.74, 6) is -0.0187. The minimum Gasteiger partial charge on any atom is -0.352 e. The van der Waals surface area contributed by atoms with E-state index in [9.17, 15) is 9.59 Å². The summed E-state index contributed by atoms with van der Waals surface area (Å²) in [7, 11) is 0. The van der Waals surface area contributed by atoms with Crippen LogP contribution in [-0.4, -0.2) is 34.6 Å². The molecule has 0 aliphatic rings. The number of carbonyl (C=O) groups excluding carboxylic acids is 2. The standard InChI is InChI=1S/C29H33ClN2O2S/c1-4-22(3)31-29(34)27(18-23-10-6-5-7-11-23)32(19-24-12-8-9-13-26(24)30)28(33)20-35-25-16-14-21(2)15-17-25/h5-17,22,27H,4,18-20H2,1-3H3,(H,31,34)/t22-,27-/m0/s1. The molecular formula is C29H33ClN2O2S. The molecule has 0 fully saturated rings. The van der Waals surface area contributed by atoms with Crippen LogP contribution in [0, 0.1) is 6.92 Å². The third-order valence-electron chi connectivity index (χ3n) is 5.95. The second kappa shape index (κ2) is 13.4. The summed E-state index contributed by atoms with van der Waals surface area (Å²) in [6.07, 6.45) is 1.24. The summed E-state index contributed by atoms with van der Waals surface area (Å²) in [6.45, 7) is 6.31. The molecule has 0 heterocycles. The van der Waals surface area contributed by atoms with Crippen LogP contribution in [0.3, 0.4) is 0 Å². The Kier molecular flexibility index (Phi) is 10.2. The highest BCUT2D eigenvalue weighted by Gasteiger charge is 2.31. The van der Waals surface area contributed by atoms with Gasteiger partial charge in [0, 0.05) is 28.9 Å². The lowest BCUT2D eigenvalue weighted by Gasteiger charge is -2.32. The molecule has 6 heteroatoms. The summed E-state index contributed by atoms with van der Waals surface area (Å²) < 4.78 is 0. The SMILES string of the molecule is CC[C@H](C)NC(=O)[C@H](Cc1ccccc1)N(Cc1ccccc1Cl)C(=O)CSc1ccc(C)cc1. The van der Waals surface area contributed by atoms with Gasteiger partial charge in [0.25, 0.3) is 0 Å². The highest BCUT2D eigenvalue weighted by Crippen LogP contribution is 2.24. The van der Waals surface area contributed by atoms with E-state index >= 15 is 0 Å². The lowest BCUT2D eigenvalue weighted by Crippen LogP contribution is -2.52. The average Bonchev–Trinajstić information content (AvgIpc) is 2.87. The number of nitrogens with zero attached hydrogens (tertiary/aromatic N) is 1. The van der Waals surface area contributed by atoms with Crippen LogP contribution in [-0.2, 0) is 22.6 Å². The van der Waals surface area contributed by atoms with Crippen LogP contribution in [0.4, 0.5) is 0 Å². The van der Waals surface area contributed by atoms with Gasteiger partial charge in [0.2, 0.25) is 11.8 Å². The number of halogens is 1. The number of rotatable bonds is 11. The maximum Gasteiger partial charge on any atom is 0.243 e. The zero-order chi connectivity index (χ0) is 25.2. The number of thioether (sulfide) groups is 1. The molecule has 0 bridgehead atoms. The molecule has 3 rings (SSSR count). The molecule has 0 aliphatic carbocycles. The number of hydrogen-bond acceptors (Lipinski definition) is 3. The highest BCUT2D eigenvalue weighted by atomic mass is 35.5. The van der Waals surface area contributed by atoms with Gasteiger partial charge in [-0.05, 0) is 49.6 Å². The Morgan fingerprint density at radius 3 is 2.29 bits per heavy atom. The first-order valence-corrected chi connectivity index (χ1v) is 13.3. The van der Waals surface area contributed by atoms with Crippen molar-refractivity contribution in [2.24, 2.45) is 0 Å². The lowest BCUT2D eigenvalue weighted by molar-refractivity contribution is -0.139. The summed E-state index contributed by atoms with van der Waals surface area (Å²) in [5.41, 5.74) is 2.99. The molecular weight excluding hydrogens is 476 g/mol. The van der Waals surface area contributed by atoms with Crippen molar-refractivity contribution in [2.45, 2.75) is 57.1 Å².